The van der Waals surface area contributed by atoms with Gasteiger partial charge in [0.2, 0.25) is 0 Å². The van der Waals surface area contributed by atoms with Gasteiger partial charge in [0.15, 0.2) is 0 Å². The summed E-state index contributed by atoms with van der Waals surface area (Å²) < 4.78 is 4.92. The molecule has 1 aromatic heterocycles. The smallest absolute Gasteiger partial charge is 0.338 e. The highest BCUT2D eigenvalue weighted by Crippen LogP contribution is 2.13. The number of carbonyl (C=O) groups is 2. The molecule has 0 fully saturated rings. The first-order valence-electron chi connectivity index (χ1n) is 7.21. The zero-order valence-electron chi connectivity index (χ0n) is 13.3. The molecule has 0 aliphatic carbocycles. The van der Waals surface area contributed by atoms with Crippen molar-refractivity contribution in [1.82, 2.24) is 9.97 Å². The van der Waals surface area contributed by atoms with Crippen molar-refractivity contribution in [3.8, 4) is 0 Å². The van der Waals surface area contributed by atoms with Crippen LogP contribution in [0.2, 0.25) is 0 Å². The van der Waals surface area contributed by atoms with Gasteiger partial charge in [0.25, 0.3) is 11.5 Å². The van der Waals surface area contributed by atoms with Gasteiger partial charge in [0.05, 0.1) is 17.9 Å². The van der Waals surface area contributed by atoms with Gasteiger partial charge in [0, 0.05) is 11.8 Å². The molecule has 0 aliphatic rings. The van der Waals surface area contributed by atoms with Crippen molar-refractivity contribution in [2.45, 2.75) is 12.7 Å². The minimum atomic E-state index is -0.524. The number of anilines is 1. The monoisotopic (exact) mass is 347 g/mol. The average molecular weight is 347 g/mol. The Morgan fingerprint density at radius 2 is 2.12 bits per heavy atom. The van der Waals surface area contributed by atoms with Crippen molar-refractivity contribution in [3.63, 3.8) is 0 Å². The van der Waals surface area contributed by atoms with E-state index >= 15 is 0 Å². The highest BCUT2D eigenvalue weighted by atomic mass is 32.2. The number of aromatic amines is 1. The number of thioether (sulfide) groups is 1. The topological polar surface area (TPSA) is 101 Å². The molecule has 0 aliphatic heterocycles. The van der Waals surface area contributed by atoms with Gasteiger partial charge in [0.1, 0.15) is 11.5 Å². The Kier molecular flexibility index (Phi) is 6.14. The second-order valence-electron chi connectivity index (χ2n) is 4.77. The predicted octanol–water partition coefficient (Wildman–Crippen LogP) is 2.06. The van der Waals surface area contributed by atoms with Crippen LogP contribution in [0.4, 0.5) is 5.69 Å². The summed E-state index contributed by atoms with van der Waals surface area (Å²) in [7, 11) is 0. The number of aromatic nitrogens is 2. The molecule has 1 amide bonds. The number of hydrogen-bond donors (Lipinski definition) is 2. The number of ether oxygens (including phenoxy) is 1. The fourth-order valence-electron chi connectivity index (χ4n) is 1.96. The molecule has 126 valence electrons. The first kappa shape index (κ1) is 17.7. The van der Waals surface area contributed by atoms with E-state index in [2.05, 4.69) is 15.3 Å². The number of hydrogen-bond acceptors (Lipinski definition) is 6. The van der Waals surface area contributed by atoms with Crippen LogP contribution in [0.15, 0.2) is 35.1 Å². The number of nitrogens with zero attached hydrogens (tertiary/aromatic N) is 1. The molecule has 0 atom stereocenters. The maximum Gasteiger partial charge on any atom is 0.338 e. The third-order valence-corrected chi connectivity index (χ3v) is 3.50. The van der Waals surface area contributed by atoms with E-state index in [-0.39, 0.29) is 17.9 Å². The molecule has 0 bridgehead atoms. The SMILES string of the molecule is CCOC(=O)c1cccc(NC(=O)c2cc(=O)[nH]c(CSC)n2)c1. The summed E-state index contributed by atoms with van der Waals surface area (Å²) in [5.41, 5.74) is 0.374. The standard InChI is InChI=1S/C16H17N3O4S/c1-3-23-16(22)10-5-4-6-11(7-10)17-15(21)12-8-14(20)19-13(18-12)9-24-2/h4-8H,3,9H2,1-2H3,(H,17,21)(H,18,19,20). The number of H-pyrrole nitrogens is 1. The first-order chi connectivity index (χ1) is 11.5. The summed E-state index contributed by atoms with van der Waals surface area (Å²) in [6.45, 7) is 1.98. The van der Waals surface area contributed by atoms with E-state index < -0.39 is 11.9 Å². The Balaban J connectivity index is 2.19. The second kappa shape index (κ2) is 8.30. The number of amides is 1. The van der Waals surface area contributed by atoms with Crippen LogP contribution < -0.4 is 10.9 Å². The highest BCUT2D eigenvalue weighted by molar-refractivity contribution is 7.97. The number of nitrogens with one attached hydrogen (secondary N) is 2. The number of esters is 1. The zero-order chi connectivity index (χ0) is 17.5. The van der Waals surface area contributed by atoms with Crippen LogP contribution in [-0.2, 0) is 10.5 Å². The highest BCUT2D eigenvalue weighted by Gasteiger charge is 2.12. The van der Waals surface area contributed by atoms with Crippen LogP contribution in [0.3, 0.4) is 0 Å². The Morgan fingerprint density at radius 3 is 2.83 bits per heavy atom. The Labute approximate surface area is 142 Å². The van der Waals surface area contributed by atoms with Gasteiger partial charge in [-0.3, -0.25) is 9.59 Å². The maximum atomic E-state index is 12.3. The van der Waals surface area contributed by atoms with Crippen molar-refractivity contribution >= 4 is 29.3 Å². The molecular weight excluding hydrogens is 330 g/mol. The molecule has 2 N–H and O–H groups in total. The lowest BCUT2D eigenvalue weighted by Crippen LogP contribution is -2.20. The summed E-state index contributed by atoms with van der Waals surface area (Å²) in [5, 5.41) is 2.62. The lowest BCUT2D eigenvalue weighted by atomic mass is 10.2. The number of benzene rings is 1. The molecule has 2 aromatic rings. The third kappa shape index (κ3) is 4.69. The molecule has 1 heterocycles. The molecule has 0 saturated heterocycles. The van der Waals surface area contributed by atoms with Gasteiger partial charge in [-0.1, -0.05) is 6.07 Å². The van der Waals surface area contributed by atoms with Gasteiger partial charge in [-0.2, -0.15) is 11.8 Å². The molecule has 0 unspecified atom stereocenters. The number of carbonyl (C=O) groups excluding carboxylic acids is 2. The van der Waals surface area contributed by atoms with E-state index in [0.29, 0.717) is 22.8 Å². The predicted molar refractivity (Wildman–Crippen MR) is 92.4 cm³/mol. The molecule has 7 nitrogen and oxygen atoms in total. The lowest BCUT2D eigenvalue weighted by Gasteiger charge is -2.07. The minimum absolute atomic E-state index is 0.0179. The van der Waals surface area contributed by atoms with Crippen molar-refractivity contribution in [2.24, 2.45) is 0 Å². The molecular formula is C16H17N3O4S. The van der Waals surface area contributed by atoms with Crippen molar-refractivity contribution in [2.75, 3.05) is 18.2 Å². The van der Waals surface area contributed by atoms with Gasteiger partial charge < -0.3 is 15.0 Å². The average Bonchev–Trinajstić information content (AvgIpc) is 2.55. The van der Waals surface area contributed by atoms with Crippen LogP contribution in [-0.4, -0.2) is 34.7 Å². The van der Waals surface area contributed by atoms with Crippen molar-refractivity contribution in [1.29, 1.82) is 0 Å². The fraction of sp³-hybridized carbons (Fsp3) is 0.250. The molecule has 0 spiro atoms. The van der Waals surface area contributed by atoms with Crippen LogP contribution in [0, 0.1) is 0 Å². The minimum Gasteiger partial charge on any atom is -0.462 e. The summed E-state index contributed by atoms with van der Waals surface area (Å²) in [6, 6.07) is 7.50. The van der Waals surface area contributed by atoms with E-state index in [0.717, 1.165) is 6.07 Å². The van der Waals surface area contributed by atoms with E-state index in [4.69, 9.17) is 4.74 Å². The quantitative estimate of drug-likeness (QED) is 0.776. The van der Waals surface area contributed by atoms with Gasteiger partial charge >= 0.3 is 5.97 Å². The normalized spacial score (nSPS) is 10.2. The molecule has 0 radical (unpaired) electrons. The first-order valence-corrected chi connectivity index (χ1v) is 8.60. The zero-order valence-corrected chi connectivity index (χ0v) is 14.1. The van der Waals surface area contributed by atoms with Gasteiger partial charge in [-0.15, -0.1) is 0 Å². The molecule has 2 rings (SSSR count). The van der Waals surface area contributed by atoms with Crippen LogP contribution in [0.5, 0.6) is 0 Å². The second-order valence-corrected chi connectivity index (χ2v) is 5.63. The largest absolute Gasteiger partial charge is 0.462 e. The van der Waals surface area contributed by atoms with Crippen LogP contribution in [0.25, 0.3) is 0 Å². The number of rotatable bonds is 6. The summed E-state index contributed by atoms with van der Waals surface area (Å²) in [5.74, 6) is -0.0654. The molecule has 0 saturated carbocycles. The van der Waals surface area contributed by atoms with E-state index in [1.54, 1.807) is 25.1 Å². The molecule has 24 heavy (non-hydrogen) atoms. The Hall–Kier alpha value is -2.61. The fourth-order valence-corrected chi connectivity index (χ4v) is 2.37. The van der Waals surface area contributed by atoms with Crippen molar-refractivity contribution in [3.05, 3.63) is 57.8 Å². The summed E-state index contributed by atoms with van der Waals surface area (Å²) in [6.07, 6.45) is 1.87. The summed E-state index contributed by atoms with van der Waals surface area (Å²) in [4.78, 5) is 42.3. The van der Waals surface area contributed by atoms with Crippen LogP contribution >= 0.6 is 11.8 Å². The summed E-state index contributed by atoms with van der Waals surface area (Å²) >= 11 is 1.48. The maximum absolute atomic E-state index is 12.3. The van der Waals surface area contributed by atoms with Gasteiger partial charge in [-0.05, 0) is 31.4 Å². The molecule has 8 heteroatoms. The van der Waals surface area contributed by atoms with Crippen LogP contribution in [0.1, 0.15) is 33.6 Å². The van der Waals surface area contributed by atoms with Crippen molar-refractivity contribution < 1.29 is 14.3 Å². The molecule has 1 aromatic carbocycles. The van der Waals surface area contributed by atoms with Gasteiger partial charge in [-0.25, -0.2) is 9.78 Å². The van der Waals surface area contributed by atoms with E-state index in [9.17, 15) is 14.4 Å². The Bertz CT molecular complexity index is 804. The van der Waals surface area contributed by atoms with E-state index in [1.807, 2.05) is 6.26 Å². The van der Waals surface area contributed by atoms with E-state index in [1.165, 1.54) is 17.8 Å². The Morgan fingerprint density at radius 1 is 1.33 bits per heavy atom. The third-order valence-electron chi connectivity index (χ3n) is 2.94. The lowest BCUT2D eigenvalue weighted by molar-refractivity contribution is 0.0526.